The fraction of sp³-hybridized carbons (Fsp3) is 1.00. The maximum Gasteiger partial charge on any atom is 0.211 e. The lowest BCUT2D eigenvalue weighted by atomic mass is 10.2. The number of piperazine rings is 1. The minimum atomic E-state index is -3.04. The Morgan fingerprint density at radius 3 is 2.14 bits per heavy atom. The van der Waals surface area contributed by atoms with Crippen LogP contribution in [-0.2, 0) is 10.0 Å². The van der Waals surface area contributed by atoms with E-state index in [0.29, 0.717) is 26.2 Å². The fourth-order valence-electron chi connectivity index (χ4n) is 1.59. The molecule has 14 heavy (non-hydrogen) atoms. The van der Waals surface area contributed by atoms with Gasteiger partial charge in [0, 0.05) is 32.2 Å². The highest BCUT2D eigenvalue weighted by Crippen LogP contribution is 2.08. The van der Waals surface area contributed by atoms with Crippen molar-refractivity contribution < 1.29 is 13.5 Å². The molecule has 0 aromatic rings. The highest BCUT2D eigenvalue weighted by molar-refractivity contribution is 7.88. The van der Waals surface area contributed by atoms with Crippen LogP contribution < -0.4 is 0 Å². The molecule has 1 aliphatic rings. The average Bonchev–Trinajstić information content (AvgIpc) is 2.15. The predicted octanol–water partition coefficient (Wildman–Crippen LogP) is -1.06. The predicted molar refractivity (Wildman–Crippen MR) is 54.5 cm³/mol. The molecule has 0 radical (unpaired) electrons. The summed E-state index contributed by atoms with van der Waals surface area (Å²) in [5.74, 6) is 0. The van der Waals surface area contributed by atoms with Gasteiger partial charge in [-0.1, -0.05) is 0 Å². The third-order valence-electron chi connectivity index (χ3n) is 2.63. The van der Waals surface area contributed by atoms with Gasteiger partial charge >= 0.3 is 0 Å². The molecule has 0 spiro atoms. The molecule has 0 saturated carbocycles. The van der Waals surface area contributed by atoms with Crippen LogP contribution in [0.2, 0.25) is 0 Å². The Bertz CT molecular complexity index is 270. The number of rotatable bonds is 3. The average molecular weight is 222 g/mol. The lowest BCUT2D eigenvalue weighted by Gasteiger charge is -2.36. The molecule has 0 aromatic carbocycles. The van der Waals surface area contributed by atoms with Crippen LogP contribution in [0.4, 0.5) is 0 Å². The number of aliphatic hydroxyl groups is 1. The molecule has 1 saturated heterocycles. The summed E-state index contributed by atoms with van der Waals surface area (Å²) in [6.45, 7) is 4.53. The molecule has 84 valence electrons. The van der Waals surface area contributed by atoms with Crippen LogP contribution in [0, 0.1) is 0 Å². The highest BCUT2D eigenvalue weighted by atomic mass is 32.2. The van der Waals surface area contributed by atoms with Crippen LogP contribution in [0.25, 0.3) is 0 Å². The maximum atomic E-state index is 11.2. The Morgan fingerprint density at radius 2 is 1.79 bits per heavy atom. The SMILES string of the molecule is C[C@@H](CO)N1CCN(S(C)(=O)=O)CC1. The summed E-state index contributed by atoms with van der Waals surface area (Å²) in [7, 11) is -3.04. The van der Waals surface area contributed by atoms with Gasteiger partial charge in [0.25, 0.3) is 0 Å². The van der Waals surface area contributed by atoms with E-state index in [-0.39, 0.29) is 12.6 Å². The van der Waals surface area contributed by atoms with Crippen molar-refractivity contribution in [2.75, 3.05) is 39.0 Å². The zero-order valence-corrected chi connectivity index (χ0v) is 9.50. The van der Waals surface area contributed by atoms with Gasteiger partial charge in [0.15, 0.2) is 0 Å². The highest BCUT2D eigenvalue weighted by Gasteiger charge is 2.25. The topological polar surface area (TPSA) is 60.9 Å². The molecule has 0 bridgehead atoms. The van der Waals surface area contributed by atoms with Gasteiger partial charge in [-0.25, -0.2) is 8.42 Å². The Balaban J connectivity index is 2.47. The van der Waals surface area contributed by atoms with Crippen molar-refractivity contribution in [3.05, 3.63) is 0 Å². The molecule has 0 aromatic heterocycles. The number of nitrogens with zero attached hydrogens (tertiary/aromatic N) is 2. The normalized spacial score (nSPS) is 23.6. The molecule has 0 aliphatic carbocycles. The molecule has 1 rings (SSSR count). The molecule has 1 fully saturated rings. The second-order valence-electron chi connectivity index (χ2n) is 3.73. The number of hydrogen-bond acceptors (Lipinski definition) is 4. The molecular formula is C8H18N2O3S. The van der Waals surface area contributed by atoms with Crippen LogP contribution in [0.1, 0.15) is 6.92 Å². The zero-order valence-electron chi connectivity index (χ0n) is 8.68. The van der Waals surface area contributed by atoms with E-state index in [2.05, 4.69) is 4.90 Å². The van der Waals surface area contributed by atoms with Crippen molar-refractivity contribution in [3.63, 3.8) is 0 Å². The Kier molecular flexibility index (Phi) is 3.88. The molecule has 5 nitrogen and oxygen atoms in total. The monoisotopic (exact) mass is 222 g/mol. The van der Waals surface area contributed by atoms with Crippen LogP contribution in [0.3, 0.4) is 0 Å². The van der Waals surface area contributed by atoms with Crippen molar-refractivity contribution in [3.8, 4) is 0 Å². The Morgan fingerprint density at radius 1 is 1.29 bits per heavy atom. The van der Waals surface area contributed by atoms with Crippen molar-refractivity contribution in [2.24, 2.45) is 0 Å². The van der Waals surface area contributed by atoms with Gasteiger partial charge in [0.05, 0.1) is 12.9 Å². The van der Waals surface area contributed by atoms with E-state index in [1.807, 2.05) is 6.92 Å². The van der Waals surface area contributed by atoms with Crippen molar-refractivity contribution >= 4 is 10.0 Å². The van der Waals surface area contributed by atoms with Crippen molar-refractivity contribution in [1.29, 1.82) is 0 Å². The van der Waals surface area contributed by atoms with Gasteiger partial charge in [-0.2, -0.15) is 4.31 Å². The summed E-state index contributed by atoms with van der Waals surface area (Å²) >= 11 is 0. The van der Waals surface area contributed by atoms with Gasteiger partial charge in [-0.3, -0.25) is 4.90 Å². The first-order valence-corrected chi connectivity index (χ1v) is 6.60. The molecular weight excluding hydrogens is 204 g/mol. The standard InChI is InChI=1S/C8H18N2O3S/c1-8(7-11)9-3-5-10(6-4-9)14(2,12)13/h8,11H,3-7H2,1-2H3/t8-/m0/s1. The third kappa shape index (κ3) is 2.91. The fourth-order valence-corrected chi connectivity index (χ4v) is 2.42. The first-order valence-electron chi connectivity index (χ1n) is 4.75. The van der Waals surface area contributed by atoms with E-state index in [1.165, 1.54) is 10.6 Å². The van der Waals surface area contributed by atoms with Gasteiger partial charge in [0.1, 0.15) is 0 Å². The lowest BCUT2D eigenvalue weighted by molar-refractivity contribution is 0.100. The summed E-state index contributed by atoms with van der Waals surface area (Å²) in [5.41, 5.74) is 0. The molecule has 1 atom stereocenters. The summed E-state index contributed by atoms with van der Waals surface area (Å²) in [6, 6.07) is 0.122. The van der Waals surface area contributed by atoms with Gasteiger partial charge < -0.3 is 5.11 Å². The summed E-state index contributed by atoms with van der Waals surface area (Å²) < 4.78 is 23.9. The van der Waals surface area contributed by atoms with Crippen LogP contribution in [-0.4, -0.2) is 67.8 Å². The number of aliphatic hydroxyl groups excluding tert-OH is 1. The van der Waals surface area contributed by atoms with Gasteiger partial charge in [0.2, 0.25) is 10.0 Å². The quantitative estimate of drug-likeness (QED) is 0.661. The number of hydrogen-bond donors (Lipinski definition) is 1. The van der Waals surface area contributed by atoms with E-state index in [9.17, 15) is 8.42 Å². The van der Waals surface area contributed by atoms with E-state index in [4.69, 9.17) is 5.11 Å². The van der Waals surface area contributed by atoms with E-state index >= 15 is 0 Å². The maximum absolute atomic E-state index is 11.2. The van der Waals surface area contributed by atoms with Crippen LogP contribution in [0.15, 0.2) is 0 Å². The summed E-state index contributed by atoms with van der Waals surface area (Å²) in [6.07, 6.45) is 1.23. The number of sulfonamides is 1. The Hall–Kier alpha value is -0.170. The van der Waals surface area contributed by atoms with E-state index < -0.39 is 10.0 Å². The first kappa shape index (κ1) is 11.9. The first-order chi connectivity index (χ1) is 6.45. The van der Waals surface area contributed by atoms with Crippen molar-refractivity contribution in [1.82, 2.24) is 9.21 Å². The summed E-state index contributed by atoms with van der Waals surface area (Å²) in [5, 5.41) is 8.94. The van der Waals surface area contributed by atoms with E-state index in [1.54, 1.807) is 0 Å². The van der Waals surface area contributed by atoms with E-state index in [0.717, 1.165) is 0 Å². The minimum Gasteiger partial charge on any atom is -0.395 e. The smallest absolute Gasteiger partial charge is 0.211 e. The second kappa shape index (κ2) is 4.57. The molecule has 0 unspecified atom stereocenters. The summed E-state index contributed by atoms with van der Waals surface area (Å²) in [4.78, 5) is 2.10. The Labute approximate surface area is 85.4 Å². The zero-order chi connectivity index (χ0) is 10.8. The molecule has 1 N–H and O–H groups in total. The molecule has 1 aliphatic heterocycles. The van der Waals surface area contributed by atoms with Crippen LogP contribution >= 0.6 is 0 Å². The lowest BCUT2D eigenvalue weighted by Crippen LogP contribution is -2.51. The third-order valence-corrected chi connectivity index (χ3v) is 3.93. The minimum absolute atomic E-state index is 0.122. The van der Waals surface area contributed by atoms with Gasteiger partial charge in [-0.15, -0.1) is 0 Å². The molecule has 1 heterocycles. The van der Waals surface area contributed by atoms with Gasteiger partial charge in [-0.05, 0) is 6.92 Å². The second-order valence-corrected chi connectivity index (χ2v) is 5.71. The molecule has 6 heteroatoms. The van der Waals surface area contributed by atoms with Crippen LogP contribution in [0.5, 0.6) is 0 Å². The molecule has 0 amide bonds. The largest absolute Gasteiger partial charge is 0.395 e. The van der Waals surface area contributed by atoms with Crippen molar-refractivity contribution in [2.45, 2.75) is 13.0 Å².